The summed E-state index contributed by atoms with van der Waals surface area (Å²) in [5.41, 5.74) is 8.17. The summed E-state index contributed by atoms with van der Waals surface area (Å²) in [5, 5.41) is 0. The van der Waals surface area contributed by atoms with Gasteiger partial charge in [-0.1, -0.05) is 12.8 Å². The minimum Gasteiger partial charge on any atom is -0.364 e. The average Bonchev–Trinajstić information content (AvgIpc) is 2.86. The maximum absolute atomic E-state index is 11.8. The van der Waals surface area contributed by atoms with E-state index in [1.54, 1.807) is 18.3 Å². The van der Waals surface area contributed by atoms with Crippen LogP contribution in [0.1, 0.15) is 36.2 Å². The third-order valence-corrected chi connectivity index (χ3v) is 2.96. The van der Waals surface area contributed by atoms with Crippen molar-refractivity contribution >= 4 is 11.8 Å². The molecule has 1 heterocycles. The normalized spacial score (nSPS) is 16.2. The number of carbonyl (C=O) groups is 2. The minimum atomic E-state index is -0.545. The molecule has 5 nitrogen and oxygen atoms in total. The van der Waals surface area contributed by atoms with Crippen LogP contribution in [0.5, 0.6) is 0 Å². The van der Waals surface area contributed by atoms with Crippen LogP contribution in [0, 0.1) is 5.92 Å². The number of nitrogens with one attached hydrogen (secondary N) is 1. The SMILES string of the molecule is NC(=O)c1cccn1NC(=O)C1CCCC1. The van der Waals surface area contributed by atoms with Gasteiger partial charge in [-0.25, -0.2) is 0 Å². The van der Waals surface area contributed by atoms with Crippen molar-refractivity contribution < 1.29 is 9.59 Å². The molecule has 1 aliphatic carbocycles. The molecule has 1 saturated carbocycles. The summed E-state index contributed by atoms with van der Waals surface area (Å²) >= 11 is 0. The van der Waals surface area contributed by atoms with Crippen molar-refractivity contribution in [2.24, 2.45) is 11.7 Å². The van der Waals surface area contributed by atoms with Crippen LogP contribution in [-0.4, -0.2) is 16.5 Å². The monoisotopic (exact) mass is 221 g/mol. The number of nitrogens with zero attached hydrogens (tertiary/aromatic N) is 1. The Morgan fingerprint density at radius 1 is 1.38 bits per heavy atom. The van der Waals surface area contributed by atoms with E-state index in [1.807, 2.05) is 0 Å². The lowest BCUT2D eigenvalue weighted by Crippen LogP contribution is -2.31. The lowest BCUT2D eigenvalue weighted by atomic mass is 10.1. The van der Waals surface area contributed by atoms with E-state index in [4.69, 9.17) is 5.73 Å². The van der Waals surface area contributed by atoms with Gasteiger partial charge in [-0.05, 0) is 25.0 Å². The van der Waals surface area contributed by atoms with Gasteiger partial charge in [0.25, 0.3) is 5.91 Å². The fourth-order valence-corrected chi connectivity index (χ4v) is 2.08. The van der Waals surface area contributed by atoms with Crippen LogP contribution in [0.25, 0.3) is 0 Å². The molecule has 1 aliphatic rings. The molecule has 0 aromatic carbocycles. The lowest BCUT2D eigenvalue weighted by Gasteiger charge is -2.12. The van der Waals surface area contributed by atoms with Crippen LogP contribution in [0.15, 0.2) is 18.3 Å². The van der Waals surface area contributed by atoms with Gasteiger partial charge in [0, 0.05) is 12.1 Å². The summed E-state index contributed by atoms with van der Waals surface area (Å²) in [6, 6.07) is 3.26. The quantitative estimate of drug-likeness (QED) is 0.793. The molecule has 2 amide bonds. The van der Waals surface area contributed by atoms with Crippen LogP contribution in [-0.2, 0) is 4.79 Å². The van der Waals surface area contributed by atoms with Crippen molar-refractivity contribution in [1.82, 2.24) is 4.68 Å². The van der Waals surface area contributed by atoms with Crippen LogP contribution < -0.4 is 11.2 Å². The first-order valence-electron chi connectivity index (χ1n) is 5.46. The Morgan fingerprint density at radius 3 is 2.69 bits per heavy atom. The molecule has 1 aromatic rings. The maximum Gasteiger partial charge on any atom is 0.267 e. The lowest BCUT2D eigenvalue weighted by molar-refractivity contribution is -0.120. The Labute approximate surface area is 93.6 Å². The first-order chi connectivity index (χ1) is 7.68. The molecule has 0 unspecified atom stereocenters. The Balaban J connectivity index is 2.05. The molecule has 5 heteroatoms. The van der Waals surface area contributed by atoms with Crippen LogP contribution in [0.3, 0.4) is 0 Å². The number of hydrogen-bond donors (Lipinski definition) is 2. The van der Waals surface area contributed by atoms with Gasteiger partial charge in [0.15, 0.2) is 0 Å². The highest BCUT2D eigenvalue weighted by Gasteiger charge is 2.23. The van der Waals surface area contributed by atoms with Crippen molar-refractivity contribution in [2.75, 3.05) is 5.43 Å². The van der Waals surface area contributed by atoms with Crippen LogP contribution in [0.4, 0.5) is 0 Å². The molecule has 0 spiro atoms. The predicted octanol–water partition coefficient (Wildman–Crippen LogP) is 0.847. The zero-order chi connectivity index (χ0) is 11.5. The van der Waals surface area contributed by atoms with Crippen molar-refractivity contribution in [1.29, 1.82) is 0 Å². The topological polar surface area (TPSA) is 77.1 Å². The molecule has 86 valence electrons. The van der Waals surface area contributed by atoms with E-state index in [0.29, 0.717) is 5.69 Å². The molecule has 2 rings (SSSR count). The van der Waals surface area contributed by atoms with Crippen molar-refractivity contribution in [3.63, 3.8) is 0 Å². The van der Waals surface area contributed by atoms with E-state index in [1.165, 1.54) is 4.68 Å². The molecule has 1 fully saturated rings. The van der Waals surface area contributed by atoms with Gasteiger partial charge in [-0.15, -0.1) is 0 Å². The van der Waals surface area contributed by atoms with E-state index < -0.39 is 5.91 Å². The average molecular weight is 221 g/mol. The Kier molecular flexibility index (Phi) is 2.94. The van der Waals surface area contributed by atoms with Gasteiger partial charge in [0.05, 0.1) is 0 Å². The smallest absolute Gasteiger partial charge is 0.267 e. The summed E-state index contributed by atoms with van der Waals surface area (Å²) < 4.78 is 1.39. The van der Waals surface area contributed by atoms with E-state index in [2.05, 4.69) is 5.43 Å². The zero-order valence-electron chi connectivity index (χ0n) is 8.98. The Bertz CT molecular complexity index is 405. The summed E-state index contributed by atoms with van der Waals surface area (Å²) in [6.07, 6.45) is 5.68. The fraction of sp³-hybridized carbons (Fsp3) is 0.455. The third-order valence-electron chi connectivity index (χ3n) is 2.96. The predicted molar refractivity (Wildman–Crippen MR) is 59.3 cm³/mol. The Hall–Kier alpha value is -1.78. The molecular formula is C11H15N3O2. The second-order valence-electron chi connectivity index (χ2n) is 4.09. The van der Waals surface area contributed by atoms with Crippen LogP contribution >= 0.6 is 0 Å². The first-order valence-corrected chi connectivity index (χ1v) is 5.46. The standard InChI is InChI=1S/C11H15N3O2/c12-10(15)9-6-3-7-14(9)13-11(16)8-4-1-2-5-8/h3,6-8H,1-2,4-5H2,(H2,12,15)(H,13,16). The fourth-order valence-electron chi connectivity index (χ4n) is 2.08. The second kappa shape index (κ2) is 4.38. The second-order valence-corrected chi connectivity index (χ2v) is 4.09. The summed E-state index contributed by atoms with van der Waals surface area (Å²) in [7, 11) is 0. The van der Waals surface area contributed by atoms with Gasteiger partial charge in [0.2, 0.25) is 5.91 Å². The van der Waals surface area contributed by atoms with Gasteiger partial charge >= 0.3 is 0 Å². The number of hydrogen-bond acceptors (Lipinski definition) is 2. The first kappa shape index (κ1) is 10.7. The number of aromatic nitrogens is 1. The summed E-state index contributed by atoms with van der Waals surface area (Å²) in [4.78, 5) is 22.8. The molecule has 1 aromatic heterocycles. The molecule has 0 atom stereocenters. The minimum absolute atomic E-state index is 0.0313. The van der Waals surface area contributed by atoms with Crippen LogP contribution in [0.2, 0.25) is 0 Å². The van der Waals surface area contributed by atoms with Gasteiger partial charge < -0.3 is 5.73 Å². The van der Waals surface area contributed by atoms with Crippen molar-refractivity contribution in [2.45, 2.75) is 25.7 Å². The molecule has 0 radical (unpaired) electrons. The number of nitrogens with two attached hydrogens (primary N) is 1. The van der Waals surface area contributed by atoms with E-state index in [0.717, 1.165) is 25.7 Å². The summed E-state index contributed by atoms with van der Waals surface area (Å²) in [6.45, 7) is 0. The molecule has 16 heavy (non-hydrogen) atoms. The molecule has 0 aliphatic heterocycles. The third kappa shape index (κ3) is 2.08. The molecular weight excluding hydrogens is 206 g/mol. The molecule has 3 N–H and O–H groups in total. The van der Waals surface area contributed by atoms with Gasteiger partial charge in [-0.2, -0.15) is 0 Å². The van der Waals surface area contributed by atoms with Gasteiger partial charge in [-0.3, -0.25) is 19.7 Å². The van der Waals surface area contributed by atoms with Crippen molar-refractivity contribution in [3.05, 3.63) is 24.0 Å². The largest absolute Gasteiger partial charge is 0.364 e. The number of amides is 2. The zero-order valence-corrected chi connectivity index (χ0v) is 8.98. The Morgan fingerprint density at radius 2 is 2.06 bits per heavy atom. The van der Waals surface area contributed by atoms with E-state index in [9.17, 15) is 9.59 Å². The van der Waals surface area contributed by atoms with Gasteiger partial charge in [0.1, 0.15) is 5.69 Å². The molecule has 0 bridgehead atoms. The summed E-state index contributed by atoms with van der Waals surface area (Å²) in [5.74, 6) is -0.504. The van der Waals surface area contributed by atoms with E-state index >= 15 is 0 Å². The highest BCUT2D eigenvalue weighted by Crippen LogP contribution is 2.24. The number of carbonyl (C=O) groups excluding carboxylic acids is 2. The highest BCUT2D eigenvalue weighted by atomic mass is 16.2. The molecule has 0 saturated heterocycles. The maximum atomic E-state index is 11.8. The van der Waals surface area contributed by atoms with Crippen molar-refractivity contribution in [3.8, 4) is 0 Å². The number of rotatable bonds is 3. The van der Waals surface area contributed by atoms with E-state index in [-0.39, 0.29) is 11.8 Å². The highest BCUT2D eigenvalue weighted by molar-refractivity contribution is 5.93. The number of primary amides is 1.